The quantitative estimate of drug-likeness (QED) is 0.793. The molecule has 0 bridgehead atoms. The fraction of sp³-hybridized carbons (Fsp3) is 0.300. The number of carbonyl (C=O) groups excluding carboxylic acids is 1. The third kappa shape index (κ3) is 4.21. The SMILES string of the molecule is CC/C(C)=C/NC(=O)Nc1ncccn1. The zero-order valence-electron chi connectivity index (χ0n) is 8.82. The molecule has 0 aliphatic heterocycles. The molecule has 2 N–H and O–H groups in total. The first kappa shape index (κ1) is 11.2. The summed E-state index contributed by atoms with van der Waals surface area (Å²) < 4.78 is 0. The number of hydrogen-bond acceptors (Lipinski definition) is 3. The number of carbonyl (C=O) groups is 1. The van der Waals surface area contributed by atoms with Crippen LogP contribution in [0.2, 0.25) is 0 Å². The van der Waals surface area contributed by atoms with Gasteiger partial charge in [-0.1, -0.05) is 12.5 Å². The van der Waals surface area contributed by atoms with Gasteiger partial charge in [0.05, 0.1) is 0 Å². The van der Waals surface area contributed by atoms with Gasteiger partial charge in [0.25, 0.3) is 0 Å². The van der Waals surface area contributed by atoms with Crippen LogP contribution in [0.15, 0.2) is 30.2 Å². The first-order valence-corrected chi connectivity index (χ1v) is 4.72. The fourth-order valence-electron chi connectivity index (χ4n) is 0.792. The molecule has 0 spiro atoms. The summed E-state index contributed by atoms with van der Waals surface area (Å²) in [4.78, 5) is 19.0. The molecule has 0 unspecified atom stereocenters. The summed E-state index contributed by atoms with van der Waals surface area (Å²) in [7, 11) is 0. The molecule has 1 rings (SSSR count). The van der Waals surface area contributed by atoms with Gasteiger partial charge in [-0.25, -0.2) is 14.8 Å². The highest BCUT2D eigenvalue weighted by molar-refractivity contribution is 5.87. The van der Waals surface area contributed by atoms with Crippen LogP contribution < -0.4 is 10.6 Å². The monoisotopic (exact) mass is 206 g/mol. The summed E-state index contributed by atoms with van der Waals surface area (Å²) in [5.74, 6) is 0.289. The second-order valence-corrected chi connectivity index (χ2v) is 3.02. The second kappa shape index (κ2) is 5.74. The van der Waals surface area contributed by atoms with Gasteiger partial charge in [-0.15, -0.1) is 0 Å². The van der Waals surface area contributed by atoms with E-state index in [0.29, 0.717) is 0 Å². The largest absolute Gasteiger partial charge is 0.325 e. The molecule has 1 aromatic heterocycles. The van der Waals surface area contributed by atoms with E-state index in [4.69, 9.17) is 0 Å². The Kier molecular flexibility index (Phi) is 4.28. The maximum atomic E-state index is 11.3. The molecule has 0 fully saturated rings. The maximum absolute atomic E-state index is 11.3. The average Bonchev–Trinajstić information content (AvgIpc) is 2.27. The number of nitrogens with one attached hydrogen (secondary N) is 2. The van der Waals surface area contributed by atoms with E-state index in [0.717, 1.165) is 12.0 Å². The average molecular weight is 206 g/mol. The van der Waals surface area contributed by atoms with Gasteiger partial charge in [0.2, 0.25) is 5.95 Å². The van der Waals surface area contributed by atoms with E-state index < -0.39 is 0 Å². The number of allylic oxidation sites excluding steroid dienone is 1. The van der Waals surface area contributed by atoms with E-state index in [1.165, 1.54) is 0 Å². The third-order valence-corrected chi connectivity index (χ3v) is 1.80. The Balaban J connectivity index is 2.44. The predicted molar refractivity (Wildman–Crippen MR) is 58.2 cm³/mol. The topological polar surface area (TPSA) is 66.9 Å². The van der Waals surface area contributed by atoms with Crippen molar-refractivity contribution in [2.75, 3.05) is 5.32 Å². The zero-order valence-corrected chi connectivity index (χ0v) is 8.82. The number of amides is 2. The summed E-state index contributed by atoms with van der Waals surface area (Å²) in [5, 5.41) is 5.09. The molecule has 0 radical (unpaired) electrons. The zero-order chi connectivity index (χ0) is 11.1. The van der Waals surface area contributed by atoms with Gasteiger partial charge in [0, 0.05) is 18.6 Å². The molecule has 0 atom stereocenters. The van der Waals surface area contributed by atoms with E-state index in [9.17, 15) is 4.79 Å². The Morgan fingerprint density at radius 3 is 2.73 bits per heavy atom. The Hall–Kier alpha value is -1.91. The highest BCUT2D eigenvalue weighted by atomic mass is 16.2. The minimum atomic E-state index is -0.339. The van der Waals surface area contributed by atoms with Gasteiger partial charge in [0.15, 0.2) is 0 Å². The van der Waals surface area contributed by atoms with Gasteiger partial charge in [-0.2, -0.15) is 0 Å². The molecule has 0 saturated carbocycles. The minimum absolute atomic E-state index is 0.289. The number of aromatic nitrogens is 2. The van der Waals surface area contributed by atoms with Crippen molar-refractivity contribution in [3.8, 4) is 0 Å². The van der Waals surface area contributed by atoms with E-state index in [1.54, 1.807) is 24.7 Å². The van der Waals surface area contributed by atoms with Crippen molar-refractivity contribution < 1.29 is 4.79 Å². The molecule has 1 heterocycles. The van der Waals surface area contributed by atoms with Crippen molar-refractivity contribution in [2.24, 2.45) is 0 Å². The minimum Gasteiger partial charge on any atom is -0.314 e. The Morgan fingerprint density at radius 2 is 2.13 bits per heavy atom. The summed E-state index contributed by atoms with van der Waals surface area (Å²) in [5.41, 5.74) is 1.10. The van der Waals surface area contributed by atoms with Crippen LogP contribution >= 0.6 is 0 Å². The van der Waals surface area contributed by atoms with Crippen molar-refractivity contribution >= 4 is 12.0 Å². The first-order valence-electron chi connectivity index (χ1n) is 4.72. The van der Waals surface area contributed by atoms with Crippen LogP contribution in [-0.2, 0) is 0 Å². The van der Waals surface area contributed by atoms with Gasteiger partial charge in [-0.3, -0.25) is 5.32 Å². The third-order valence-electron chi connectivity index (χ3n) is 1.80. The lowest BCUT2D eigenvalue weighted by Crippen LogP contribution is -2.25. The Morgan fingerprint density at radius 1 is 1.47 bits per heavy atom. The molecule has 2 amide bonds. The van der Waals surface area contributed by atoms with Gasteiger partial charge < -0.3 is 5.32 Å². The smallest absolute Gasteiger partial charge is 0.314 e. The van der Waals surface area contributed by atoms with Gasteiger partial charge >= 0.3 is 6.03 Å². The van der Waals surface area contributed by atoms with Gasteiger partial charge in [0.1, 0.15) is 0 Å². The van der Waals surface area contributed by atoms with E-state index >= 15 is 0 Å². The molecule has 5 nitrogen and oxygen atoms in total. The number of hydrogen-bond donors (Lipinski definition) is 2. The van der Waals surface area contributed by atoms with Crippen LogP contribution in [0.5, 0.6) is 0 Å². The Labute approximate surface area is 88.6 Å². The molecule has 0 saturated heterocycles. The van der Waals surface area contributed by atoms with Crippen LogP contribution in [0.4, 0.5) is 10.7 Å². The summed E-state index contributed by atoms with van der Waals surface area (Å²) in [6.07, 6.45) is 5.70. The maximum Gasteiger partial charge on any atom is 0.325 e. The predicted octanol–water partition coefficient (Wildman–Crippen LogP) is 1.91. The first-order chi connectivity index (χ1) is 7.22. The van der Waals surface area contributed by atoms with Gasteiger partial charge in [-0.05, 0) is 19.4 Å². The van der Waals surface area contributed by atoms with Crippen molar-refractivity contribution in [1.29, 1.82) is 0 Å². The fourth-order valence-corrected chi connectivity index (χ4v) is 0.792. The molecule has 0 aromatic carbocycles. The number of urea groups is 1. The Bertz CT molecular complexity index is 348. The van der Waals surface area contributed by atoms with E-state index in [2.05, 4.69) is 20.6 Å². The van der Waals surface area contributed by atoms with E-state index in [1.807, 2.05) is 13.8 Å². The van der Waals surface area contributed by atoms with E-state index in [-0.39, 0.29) is 12.0 Å². The molecule has 15 heavy (non-hydrogen) atoms. The lowest BCUT2D eigenvalue weighted by Gasteiger charge is -2.02. The number of rotatable bonds is 3. The normalized spacial score (nSPS) is 10.9. The summed E-state index contributed by atoms with van der Waals surface area (Å²) in [6.45, 7) is 3.96. The lowest BCUT2D eigenvalue weighted by atomic mass is 10.3. The number of nitrogens with zero attached hydrogens (tertiary/aromatic N) is 2. The molecular weight excluding hydrogens is 192 g/mol. The van der Waals surface area contributed by atoms with Crippen molar-refractivity contribution in [3.63, 3.8) is 0 Å². The van der Waals surface area contributed by atoms with Crippen LogP contribution in [0.25, 0.3) is 0 Å². The van der Waals surface area contributed by atoms with Crippen LogP contribution in [0.1, 0.15) is 20.3 Å². The highest BCUT2D eigenvalue weighted by Gasteiger charge is 1.99. The molecular formula is C10H14N4O. The molecule has 0 aliphatic rings. The summed E-state index contributed by atoms with van der Waals surface area (Å²) >= 11 is 0. The molecule has 5 heteroatoms. The van der Waals surface area contributed by atoms with Crippen molar-refractivity contribution in [1.82, 2.24) is 15.3 Å². The molecule has 0 aliphatic carbocycles. The van der Waals surface area contributed by atoms with Crippen molar-refractivity contribution in [3.05, 3.63) is 30.2 Å². The van der Waals surface area contributed by atoms with Crippen molar-refractivity contribution in [2.45, 2.75) is 20.3 Å². The van der Waals surface area contributed by atoms with Crippen LogP contribution in [0, 0.1) is 0 Å². The summed E-state index contributed by atoms with van der Waals surface area (Å²) in [6, 6.07) is 1.35. The highest BCUT2D eigenvalue weighted by Crippen LogP contribution is 1.96. The lowest BCUT2D eigenvalue weighted by molar-refractivity contribution is 0.255. The van der Waals surface area contributed by atoms with Crippen LogP contribution in [0.3, 0.4) is 0 Å². The molecule has 1 aromatic rings. The second-order valence-electron chi connectivity index (χ2n) is 3.02. The standard InChI is InChI=1S/C10H14N4O/c1-3-8(2)7-13-10(15)14-9-11-5-4-6-12-9/h4-7H,3H2,1-2H3,(H2,11,12,13,14,15)/b8-7+. The van der Waals surface area contributed by atoms with Crippen LogP contribution in [-0.4, -0.2) is 16.0 Å². The molecule has 80 valence electrons. The number of anilines is 1.